The Morgan fingerprint density at radius 2 is 1.45 bits per heavy atom. The van der Waals surface area contributed by atoms with Crippen molar-refractivity contribution in [3.05, 3.63) is 29.8 Å². The maximum atomic E-state index is 12.8. The molecule has 0 aliphatic carbocycles. The van der Waals surface area contributed by atoms with Crippen LogP contribution in [-0.4, -0.2) is 91.0 Å². The van der Waals surface area contributed by atoms with Gasteiger partial charge in [-0.15, -0.1) is 0 Å². The van der Waals surface area contributed by atoms with Gasteiger partial charge in [-0.3, -0.25) is 0 Å². The van der Waals surface area contributed by atoms with Crippen molar-refractivity contribution in [2.24, 2.45) is 0 Å². The fourth-order valence-electron chi connectivity index (χ4n) is 5.86. The van der Waals surface area contributed by atoms with Crippen LogP contribution in [0.4, 0.5) is 0 Å². The number of carbonyl (C=O) groups is 1. The molecule has 4 heterocycles. The van der Waals surface area contributed by atoms with Gasteiger partial charge in [-0.05, 0) is 72.2 Å². The third-order valence-corrected chi connectivity index (χ3v) is 7.57. The topological polar surface area (TPSA) is 120 Å². The molecule has 10 atom stereocenters. The van der Waals surface area contributed by atoms with Crippen LogP contribution in [0, 0.1) is 0 Å². The molecule has 0 spiro atoms. The molecule has 1 aromatic carbocycles. The first-order valence-corrected chi connectivity index (χ1v) is 13.7. The summed E-state index contributed by atoms with van der Waals surface area (Å²) >= 11 is 0. The van der Waals surface area contributed by atoms with Crippen molar-refractivity contribution in [3.63, 3.8) is 0 Å². The molecule has 0 radical (unpaired) electrons. The smallest absolute Gasteiger partial charge is 0.331 e. The summed E-state index contributed by atoms with van der Waals surface area (Å²) in [5.41, 5.74) is 0.658. The lowest BCUT2D eigenvalue weighted by Crippen LogP contribution is -2.61. The zero-order valence-corrected chi connectivity index (χ0v) is 24.2. The molecular formula is C29H40O11. The zero-order chi connectivity index (χ0) is 29.0. The van der Waals surface area contributed by atoms with Gasteiger partial charge >= 0.3 is 5.97 Å². The molecule has 1 aromatic rings. The highest BCUT2D eigenvalue weighted by molar-refractivity contribution is 5.87. The van der Waals surface area contributed by atoms with Crippen molar-refractivity contribution in [1.82, 2.24) is 0 Å². The van der Waals surface area contributed by atoms with E-state index in [1.165, 1.54) is 19.3 Å². The highest BCUT2D eigenvalue weighted by atomic mass is 16.8. The SMILES string of the molecule is COc1cc(/C=C/C(=O)OC2C(C)OC(OC3C(C)OC(C)C4OC(C)(C)OC34)C3OC(C)(C)OC23)ccc1O. The van der Waals surface area contributed by atoms with Gasteiger partial charge in [0.05, 0.1) is 25.4 Å². The van der Waals surface area contributed by atoms with Crippen LogP contribution < -0.4 is 4.74 Å². The Balaban J connectivity index is 1.30. The Kier molecular flexibility index (Phi) is 7.94. The van der Waals surface area contributed by atoms with Gasteiger partial charge in [0, 0.05) is 6.08 Å². The van der Waals surface area contributed by atoms with Crippen molar-refractivity contribution in [1.29, 1.82) is 0 Å². The molecule has 10 unspecified atom stereocenters. The molecule has 1 N–H and O–H groups in total. The minimum absolute atomic E-state index is 0.00849. The van der Waals surface area contributed by atoms with Gasteiger partial charge in [0.1, 0.15) is 30.5 Å². The number of esters is 1. The number of carbonyl (C=O) groups excluding carboxylic acids is 1. The fraction of sp³-hybridized carbons (Fsp3) is 0.690. The number of ether oxygens (including phenoxy) is 9. The number of methoxy groups -OCH3 is 1. The van der Waals surface area contributed by atoms with E-state index in [0.29, 0.717) is 11.3 Å². The Labute approximate surface area is 234 Å². The largest absolute Gasteiger partial charge is 0.504 e. The standard InChI is InChI=1S/C29H40O11/c1-14-22(24-23(16(3)33-14)37-28(4,5)38-24)36-27-26-25(39-29(6,7)40-26)21(15(2)34-27)35-20(31)12-10-17-9-11-18(30)19(13-17)32-8/h9-16,21-27,30H,1-8H3/b12-10+. The van der Waals surface area contributed by atoms with Crippen molar-refractivity contribution in [2.75, 3.05) is 7.11 Å². The minimum atomic E-state index is -0.950. The van der Waals surface area contributed by atoms with E-state index < -0.39 is 54.4 Å². The molecule has 11 nitrogen and oxygen atoms in total. The first-order chi connectivity index (χ1) is 18.8. The number of hydrogen-bond acceptors (Lipinski definition) is 11. The number of hydrogen-bond donors (Lipinski definition) is 1. The van der Waals surface area contributed by atoms with Crippen LogP contribution in [0.2, 0.25) is 0 Å². The minimum Gasteiger partial charge on any atom is -0.504 e. The third kappa shape index (κ3) is 5.87. The van der Waals surface area contributed by atoms with E-state index in [1.54, 1.807) is 39.0 Å². The van der Waals surface area contributed by atoms with Gasteiger partial charge in [0.25, 0.3) is 0 Å². The van der Waals surface area contributed by atoms with E-state index in [2.05, 4.69) is 0 Å². The second-order valence-corrected chi connectivity index (χ2v) is 11.7. The van der Waals surface area contributed by atoms with Gasteiger partial charge in [-0.25, -0.2) is 4.79 Å². The molecule has 4 aliphatic rings. The Morgan fingerprint density at radius 1 is 0.850 bits per heavy atom. The molecule has 4 saturated heterocycles. The third-order valence-electron chi connectivity index (χ3n) is 7.57. The number of benzene rings is 1. The molecule has 0 bridgehead atoms. The molecule has 11 heteroatoms. The molecular weight excluding hydrogens is 524 g/mol. The number of rotatable bonds is 6. The summed E-state index contributed by atoms with van der Waals surface area (Å²) in [6.07, 6.45) is -2.17. The zero-order valence-electron chi connectivity index (χ0n) is 24.2. The second kappa shape index (κ2) is 10.9. The van der Waals surface area contributed by atoms with Crippen LogP contribution in [-0.2, 0) is 42.7 Å². The lowest BCUT2D eigenvalue weighted by atomic mass is 9.95. The van der Waals surface area contributed by atoms with Gasteiger partial charge in [-0.2, -0.15) is 0 Å². The van der Waals surface area contributed by atoms with Crippen LogP contribution >= 0.6 is 0 Å². The van der Waals surface area contributed by atoms with Gasteiger partial charge in [0.2, 0.25) is 0 Å². The van der Waals surface area contributed by atoms with Crippen LogP contribution in [0.25, 0.3) is 6.08 Å². The fourth-order valence-corrected chi connectivity index (χ4v) is 5.86. The monoisotopic (exact) mass is 564 g/mol. The lowest BCUT2D eigenvalue weighted by molar-refractivity contribution is -0.315. The van der Waals surface area contributed by atoms with Crippen molar-refractivity contribution < 1.29 is 52.5 Å². The predicted molar refractivity (Wildman–Crippen MR) is 140 cm³/mol. The van der Waals surface area contributed by atoms with Crippen LogP contribution in [0.3, 0.4) is 0 Å². The summed E-state index contributed by atoms with van der Waals surface area (Å²) in [4.78, 5) is 12.8. The second-order valence-electron chi connectivity index (χ2n) is 11.7. The Bertz CT molecular complexity index is 1120. The van der Waals surface area contributed by atoms with E-state index in [1.807, 2.05) is 27.7 Å². The van der Waals surface area contributed by atoms with E-state index in [-0.39, 0.29) is 30.2 Å². The van der Waals surface area contributed by atoms with Gasteiger partial charge in [-0.1, -0.05) is 6.07 Å². The average Bonchev–Trinajstić information content (AvgIpc) is 3.38. The number of aromatic hydroxyl groups is 1. The summed E-state index contributed by atoms with van der Waals surface area (Å²) in [6, 6.07) is 4.76. The maximum Gasteiger partial charge on any atom is 0.331 e. The van der Waals surface area contributed by atoms with Crippen LogP contribution in [0.15, 0.2) is 24.3 Å². The van der Waals surface area contributed by atoms with Crippen molar-refractivity contribution in [2.45, 2.75) is 121 Å². The first kappa shape index (κ1) is 29.2. The Hall–Kier alpha value is -2.25. The van der Waals surface area contributed by atoms with E-state index in [9.17, 15) is 9.90 Å². The normalized spacial score (nSPS) is 40.0. The molecule has 40 heavy (non-hydrogen) atoms. The molecule has 0 saturated carbocycles. The van der Waals surface area contributed by atoms with Gasteiger partial charge in [0.15, 0.2) is 35.5 Å². The number of phenols is 1. The quantitative estimate of drug-likeness (QED) is 0.405. The lowest BCUT2D eigenvalue weighted by Gasteiger charge is -2.45. The molecule has 0 amide bonds. The summed E-state index contributed by atoms with van der Waals surface area (Å²) in [7, 11) is 1.45. The highest BCUT2D eigenvalue weighted by Gasteiger charge is 2.59. The Morgan fingerprint density at radius 3 is 2.12 bits per heavy atom. The van der Waals surface area contributed by atoms with Crippen LogP contribution in [0.1, 0.15) is 54.0 Å². The molecule has 0 aromatic heterocycles. The van der Waals surface area contributed by atoms with Crippen molar-refractivity contribution in [3.8, 4) is 11.5 Å². The van der Waals surface area contributed by atoms with Crippen LogP contribution in [0.5, 0.6) is 11.5 Å². The average molecular weight is 565 g/mol. The molecule has 4 aliphatic heterocycles. The predicted octanol–water partition coefficient (Wildman–Crippen LogP) is 3.30. The highest BCUT2D eigenvalue weighted by Crippen LogP contribution is 2.43. The molecule has 5 rings (SSSR count). The van der Waals surface area contributed by atoms with E-state index >= 15 is 0 Å². The molecule has 222 valence electrons. The van der Waals surface area contributed by atoms with Gasteiger partial charge < -0.3 is 47.7 Å². The summed E-state index contributed by atoms with van der Waals surface area (Å²) in [6.45, 7) is 13.0. The number of fused-ring (bicyclic) bond motifs is 2. The summed E-state index contributed by atoms with van der Waals surface area (Å²) in [5.74, 6) is -1.99. The van der Waals surface area contributed by atoms with E-state index in [0.717, 1.165) is 0 Å². The van der Waals surface area contributed by atoms with E-state index in [4.69, 9.17) is 42.6 Å². The summed E-state index contributed by atoms with van der Waals surface area (Å²) in [5, 5.41) is 9.80. The molecule has 4 fully saturated rings. The maximum absolute atomic E-state index is 12.8. The first-order valence-electron chi connectivity index (χ1n) is 13.7. The summed E-state index contributed by atoms with van der Waals surface area (Å²) < 4.78 is 54.6. The number of phenolic OH excluding ortho intramolecular Hbond substituents is 1. The van der Waals surface area contributed by atoms with Crippen molar-refractivity contribution >= 4 is 12.0 Å².